The lowest BCUT2D eigenvalue weighted by Crippen LogP contribution is -2.28. The minimum atomic E-state index is 0. The summed E-state index contributed by atoms with van der Waals surface area (Å²) in [5.41, 5.74) is 0.871. The zero-order valence-electron chi connectivity index (χ0n) is 12.0. The second kappa shape index (κ2) is 7.43. The molecule has 1 aliphatic rings. The lowest BCUT2D eigenvalue weighted by Gasteiger charge is -2.20. The first-order chi connectivity index (χ1) is 9.86. The Morgan fingerprint density at radius 3 is 2.81 bits per heavy atom. The van der Waals surface area contributed by atoms with Crippen molar-refractivity contribution in [2.24, 2.45) is 5.92 Å². The van der Waals surface area contributed by atoms with Crippen LogP contribution in [0.25, 0.3) is 11.4 Å². The number of benzene rings is 1. The van der Waals surface area contributed by atoms with Crippen molar-refractivity contribution in [3.8, 4) is 17.1 Å². The molecular formula is C15H20ClN3O2. The van der Waals surface area contributed by atoms with Crippen molar-refractivity contribution in [3.63, 3.8) is 0 Å². The van der Waals surface area contributed by atoms with E-state index >= 15 is 0 Å². The number of hydrogen-bond donors (Lipinski definition) is 1. The van der Waals surface area contributed by atoms with Crippen LogP contribution in [0.15, 0.2) is 28.8 Å². The van der Waals surface area contributed by atoms with Crippen molar-refractivity contribution in [2.75, 3.05) is 20.2 Å². The van der Waals surface area contributed by atoms with Gasteiger partial charge in [0.25, 0.3) is 0 Å². The fourth-order valence-electron chi connectivity index (χ4n) is 2.61. The quantitative estimate of drug-likeness (QED) is 0.941. The highest BCUT2D eigenvalue weighted by Gasteiger charge is 2.18. The largest absolute Gasteiger partial charge is 0.496 e. The van der Waals surface area contributed by atoms with Crippen molar-refractivity contribution in [1.29, 1.82) is 0 Å². The lowest BCUT2D eigenvalue weighted by atomic mass is 9.95. The Bertz CT molecular complexity index is 568. The van der Waals surface area contributed by atoms with Gasteiger partial charge in [0.15, 0.2) is 0 Å². The first-order valence-corrected chi connectivity index (χ1v) is 7.03. The predicted octanol–water partition coefficient (Wildman–Crippen LogP) is 2.71. The molecule has 0 amide bonds. The molecule has 114 valence electrons. The summed E-state index contributed by atoms with van der Waals surface area (Å²) in [6, 6.07) is 7.72. The van der Waals surface area contributed by atoms with Crippen LogP contribution >= 0.6 is 12.4 Å². The normalized spacial score (nSPS) is 15.5. The molecule has 3 rings (SSSR count). The van der Waals surface area contributed by atoms with Crippen LogP contribution in [-0.2, 0) is 6.42 Å². The van der Waals surface area contributed by atoms with Gasteiger partial charge in [-0.15, -0.1) is 12.4 Å². The van der Waals surface area contributed by atoms with Crippen LogP contribution in [0.3, 0.4) is 0 Å². The van der Waals surface area contributed by atoms with Gasteiger partial charge in [-0.2, -0.15) is 4.98 Å². The molecule has 1 N–H and O–H groups in total. The fraction of sp³-hybridized carbons (Fsp3) is 0.467. The monoisotopic (exact) mass is 309 g/mol. The van der Waals surface area contributed by atoms with Crippen molar-refractivity contribution in [3.05, 3.63) is 30.2 Å². The van der Waals surface area contributed by atoms with E-state index < -0.39 is 0 Å². The first kappa shape index (κ1) is 15.8. The summed E-state index contributed by atoms with van der Waals surface area (Å²) in [4.78, 5) is 4.51. The Morgan fingerprint density at radius 2 is 2.05 bits per heavy atom. The summed E-state index contributed by atoms with van der Waals surface area (Å²) in [5, 5.41) is 7.44. The van der Waals surface area contributed by atoms with E-state index in [1.165, 1.54) is 12.8 Å². The molecular weight excluding hydrogens is 290 g/mol. The first-order valence-electron chi connectivity index (χ1n) is 7.03. The average Bonchev–Trinajstić information content (AvgIpc) is 2.96. The van der Waals surface area contributed by atoms with Gasteiger partial charge < -0.3 is 14.6 Å². The van der Waals surface area contributed by atoms with Gasteiger partial charge >= 0.3 is 0 Å². The number of nitrogens with zero attached hydrogens (tertiary/aromatic N) is 2. The van der Waals surface area contributed by atoms with E-state index in [1.54, 1.807) is 7.11 Å². The number of ether oxygens (including phenoxy) is 1. The topological polar surface area (TPSA) is 60.2 Å². The van der Waals surface area contributed by atoms with Gasteiger partial charge in [-0.25, -0.2) is 0 Å². The van der Waals surface area contributed by atoms with Crippen molar-refractivity contribution < 1.29 is 9.26 Å². The SMILES string of the molecule is COc1ccccc1-c1noc(CC2CCNCC2)n1.Cl. The summed E-state index contributed by atoms with van der Waals surface area (Å²) < 4.78 is 10.7. The van der Waals surface area contributed by atoms with Crippen molar-refractivity contribution in [2.45, 2.75) is 19.3 Å². The van der Waals surface area contributed by atoms with Crippen LogP contribution < -0.4 is 10.1 Å². The molecule has 0 aliphatic carbocycles. The molecule has 0 unspecified atom stereocenters. The summed E-state index contributed by atoms with van der Waals surface area (Å²) in [5.74, 6) is 2.73. The Balaban J connectivity index is 0.00000161. The molecule has 1 aliphatic heterocycles. The minimum Gasteiger partial charge on any atom is -0.496 e. The van der Waals surface area contributed by atoms with Crippen molar-refractivity contribution in [1.82, 2.24) is 15.5 Å². The van der Waals surface area contributed by atoms with Crippen LogP contribution in [0.2, 0.25) is 0 Å². The number of para-hydroxylation sites is 1. The van der Waals surface area contributed by atoms with E-state index in [0.717, 1.165) is 36.7 Å². The van der Waals surface area contributed by atoms with Crippen LogP contribution in [0.1, 0.15) is 18.7 Å². The molecule has 5 nitrogen and oxygen atoms in total. The Kier molecular flexibility index (Phi) is 5.59. The third-order valence-electron chi connectivity index (χ3n) is 3.74. The summed E-state index contributed by atoms with van der Waals surface area (Å²) >= 11 is 0. The van der Waals surface area contributed by atoms with E-state index in [4.69, 9.17) is 9.26 Å². The third-order valence-corrected chi connectivity index (χ3v) is 3.74. The van der Waals surface area contributed by atoms with Gasteiger partial charge in [0.1, 0.15) is 5.75 Å². The second-order valence-electron chi connectivity index (χ2n) is 5.11. The minimum absolute atomic E-state index is 0. The summed E-state index contributed by atoms with van der Waals surface area (Å²) in [7, 11) is 1.65. The molecule has 21 heavy (non-hydrogen) atoms. The lowest BCUT2D eigenvalue weighted by molar-refractivity contribution is 0.313. The molecule has 0 atom stereocenters. The highest BCUT2D eigenvalue weighted by atomic mass is 35.5. The van der Waals surface area contributed by atoms with Crippen LogP contribution in [0.5, 0.6) is 5.75 Å². The van der Waals surface area contributed by atoms with Gasteiger partial charge in [0.05, 0.1) is 12.7 Å². The molecule has 6 heteroatoms. The maximum Gasteiger partial charge on any atom is 0.227 e. The highest BCUT2D eigenvalue weighted by molar-refractivity contribution is 5.85. The van der Waals surface area contributed by atoms with Gasteiger partial charge in [-0.05, 0) is 44.0 Å². The van der Waals surface area contributed by atoms with Crippen LogP contribution in [0.4, 0.5) is 0 Å². The average molecular weight is 310 g/mol. The van der Waals surface area contributed by atoms with Crippen LogP contribution in [0, 0.1) is 5.92 Å². The second-order valence-corrected chi connectivity index (χ2v) is 5.11. The zero-order chi connectivity index (χ0) is 13.8. The van der Waals surface area contributed by atoms with Gasteiger partial charge in [0.2, 0.25) is 11.7 Å². The summed E-state index contributed by atoms with van der Waals surface area (Å²) in [6.07, 6.45) is 3.21. The fourth-order valence-corrected chi connectivity index (χ4v) is 2.61. The van der Waals surface area contributed by atoms with E-state index in [-0.39, 0.29) is 12.4 Å². The number of aromatic nitrogens is 2. The van der Waals surface area contributed by atoms with Crippen LogP contribution in [-0.4, -0.2) is 30.3 Å². The molecule has 0 bridgehead atoms. The number of halogens is 1. The molecule has 2 aromatic rings. The van der Waals surface area contributed by atoms with E-state index in [9.17, 15) is 0 Å². The number of piperidine rings is 1. The van der Waals surface area contributed by atoms with Gasteiger partial charge in [-0.1, -0.05) is 17.3 Å². The summed E-state index contributed by atoms with van der Waals surface area (Å²) in [6.45, 7) is 2.16. The number of hydrogen-bond acceptors (Lipinski definition) is 5. The number of rotatable bonds is 4. The smallest absolute Gasteiger partial charge is 0.227 e. The molecule has 0 saturated carbocycles. The third kappa shape index (κ3) is 3.74. The van der Waals surface area contributed by atoms with E-state index in [2.05, 4.69) is 15.5 Å². The molecule has 0 radical (unpaired) electrons. The molecule has 1 saturated heterocycles. The molecule has 1 fully saturated rings. The molecule has 1 aromatic carbocycles. The van der Waals surface area contributed by atoms with E-state index in [0.29, 0.717) is 11.7 Å². The maximum absolute atomic E-state index is 5.38. The number of nitrogens with one attached hydrogen (secondary N) is 1. The Labute approximate surface area is 130 Å². The maximum atomic E-state index is 5.38. The van der Waals surface area contributed by atoms with Gasteiger partial charge in [0, 0.05) is 6.42 Å². The van der Waals surface area contributed by atoms with E-state index in [1.807, 2.05) is 24.3 Å². The predicted molar refractivity (Wildman–Crippen MR) is 82.8 cm³/mol. The Morgan fingerprint density at radius 1 is 1.29 bits per heavy atom. The molecule has 0 spiro atoms. The molecule has 2 heterocycles. The highest BCUT2D eigenvalue weighted by Crippen LogP contribution is 2.27. The number of methoxy groups -OCH3 is 1. The molecule has 1 aromatic heterocycles. The standard InChI is InChI=1S/C15H19N3O2.ClH/c1-19-13-5-3-2-4-12(13)15-17-14(20-18-15)10-11-6-8-16-9-7-11;/h2-5,11,16H,6-10H2,1H3;1H. The van der Waals surface area contributed by atoms with Gasteiger partial charge in [-0.3, -0.25) is 0 Å². The zero-order valence-corrected chi connectivity index (χ0v) is 12.9. The Hall–Kier alpha value is -1.59. The van der Waals surface area contributed by atoms with Crippen molar-refractivity contribution >= 4 is 12.4 Å².